The van der Waals surface area contributed by atoms with Gasteiger partial charge in [-0.3, -0.25) is 4.79 Å². The van der Waals surface area contributed by atoms with Gasteiger partial charge in [-0.15, -0.1) is 0 Å². The van der Waals surface area contributed by atoms with E-state index >= 15 is 0 Å². The van der Waals surface area contributed by atoms with E-state index in [1.54, 1.807) is 0 Å². The Balaban J connectivity index is 2.21. The molecule has 2 rings (SSSR count). The second-order valence-corrected chi connectivity index (χ2v) is 3.37. The van der Waals surface area contributed by atoms with Crippen LogP contribution in [0.5, 0.6) is 0 Å². The van der Waals surface area contributed by atoms with Crippen molar-refractivity contribution in [2.24, 2.45) is 5.73 Å². The molecule has 2 heterocycles. The van der Waals surface area contributed by atoms with E-state index < -0.39 is 5.91 Å². The molecule has 5 heteroatoms. The van der Waals surface area contributed by atoms with Crippen LogP contribution in [0.2, 0.25) is 0 Å². The maximum Gasteiger partial charge on any atom is 0.271 e. The molecule has 1 amide bonds. The van der Waals surface area contributed by atoms with Crippen LogP contribution in [0.1, 0.15) is 34.8 Å². The molecule has 1 aromatic heterocycles. The number of ether oxygens (including phenoxy) is 1. The second-order valence-electron chi connectivity index (χ2n) is 3.37. The van der Waals surface area contributed by atoms with E-state index in [0.29, 0.717) is 13.2 Å². The summed E-state index contributed by atoms with van der Waals surface area (Å²) in [6.07, 6.45) is 3.29. The number of aromatic nitrogens is 1. The van der Waals surface area contributed by atoms with Gasteiger partial charge in [-0.1, -0.05) is 5.16 Å². The Morgan fingerprint density at radius 3 is 2.86 bits per heavy atom. The van der Waals surface area contributed by atoms with E-state index in [9.17, 15) is 4.79 Å². The summed E-state index contributed by atoms with van der Waals surface area (Å²) in [5.74, 6) is -0.238. The van der Waals surface area contributed by atoms with Gasteiger partial charge in [0.05, 0.1) is 0 Å². The molecule has 0 radical (unpaired) electrons. The topological polar surface area (TPSA) is 78.4 Å². The van der Waals surface area contributed by atoms with E-state index in [0.717, 1.165) is 18.4 Å². The van der Waals surface area contributed by atoms with Crippen LogP contribution in [-0.4, -0.2) is 24.3 Å². The lowest BCUT2D eigenvalue weighted by atomic mass is 9.92. The highest BCUT2D eigenvalue weighted by molar-refractivity contribution is 5.92. The van der Waals surface area contributed by atoms with Gasteiger partial charge < -0.3 is 15.0 Å². The molecular weight excluding hydrogens is 184 g/mol. The van der Waals surface area contributed by atoms with Crippen LogP contribution in [0.15, 0.2) is 10.8 Å². The van der Waals surface area contributed by atoms with Gasteiger partial charge in [0.2, 0.25) is 0 Å². The first-order valence-electron chi connectivity index (χ1n) is 4.61. The van der Waals surface area contributed by atoms with Crippen LogP contribution in [0.3, 0.4) is 0 Å². The smallest absolute Gasteiger partial charge is 0.271 e. The largest absolute Gasteiger partial charge is 0.381 e. The number of hydrogen-bond donors (Lipinski definition) is 1. The molecule has 14 heavy (non-hydrogen) atoms. The average molecular weight is 196 g/mol. The van der Waals surface area contributed by atoms with Crippen LogP contribution < -0.4 is 5.73 Å². The molecule has 1 aromatic rings. The normalized spacial score (nSPS) is 18.3. The van der Waals surface area contributed by atoms with Crippen molar-refractivity contribution in [3.63, 3.8) is 0 Å². The zero-order valence-electron chi connectivity index (χ0n) is 7.73. The van der Waals surface area contributed by atoms with E-state index in [1.165, 1.54) is 6.26 Å². The molecule has 0 saturated carbocycles. The number of amides is 1. The van der Waals surface area contributed by atoms with Crippen LogP contribution in [0, 0.1) is 0 Å². The van der Waals surface area contributed by atoms with Gasteiger partial charge >= 0.3 is 0 Å². The van der Waals surface area contributed by atoms with Crippen molar-refractivity contribution >= 4 is 5.91 Å². The average Bonchev–Trinajstić information content (AvgIpc) is 2.67. The minimum absolute atomic E-state index is 0.261. The van der Waals surface area contributed by atoms with Gasteiger partial charge in [0, 0.05) is 18.8 Å². The van der Waals surface area contributed by atoms with Gasteiger partial charge in [0.25, 0.3) is 5.91 Å². The van der Waals surface area contributed by atoms with Crippen LogP contribution in [-0.2, 0) is 4.74 Å². The number of nitrogens with zero attached hydrogens (tertiary/aromatic N) is 1. The SMILES string of the molecule is NC(=O)c1nocc1C1CCOCC1. The summed E-state index contributed by atoms with van der Waals surface area (Å²) in [6.45, 7) is 1.43. The molecule has 0 aliphatic carbocycles. The second kappa shape index (κ2) is 3.79. The lowest BCUT2D eigenvalue weighted by Gasteiger charge is -2.20. The molecule has 2 N–H and O–H groups in total. The van der Waals surface area contributed by atoms with E-state index in [2.05, 4.69) is 5.16 Å². The molecule has 1 saturated heterocycles. The number of nitrogens with two attached hydrogens (primary N) is 1. The Kier molecular flexibility index (Phi) is 2.49. The summed E-state index contributed by atoms with van der Waals surface area (Å²) < 4.78 is 10.00. The minimum atomic E-state index is -0.528. The maximum atomic E-state index is 11.0. The molecule has 1 fully saturated rings. The highest BCUT2D eigenvalue weighted by atomic mass is 16.5. The number of carbonyl (C=O) groups excluding carboxylic acids is 1. The number of rotatable bonds is 2. The quantitative estimate of drug-likeness (QED) is 0.753. The van der Waals surface area contributed by atoms with Crippen LogP contribution in [0.25, 0.3) is 0 Å². The summed E-state index contributed by atoms with van der Waals surface area (Å²) in [7, 11) is 0. The third kappa shape index (κ3) is 1.63. The Labute approximate surface area is 81.2 Å². The summed E-state index contributed by atoms with van der Waals surface area (Å²) in [5, 5.41) is 3.60. The summed E-state index contributed by atoms with van der Waals surface area (Å²) in [4.78, 5) is 11.0. The first-order valence-corrected chi connectivity index (χ1v) is 4.61. The highest BCUT2D eigenvalue weighted by Crippen LogP contribution is 2.28. The fraction of sp³-hybridized carbons (Fsp3) is 0.556. The van der Waals surface area contributed by atoms with Gasteiger partial charge in [0.15, 0.2) is 5.69 Å². The Morgan fingerprint density at radius 2 is 2.21 bits per heavy atom. The van der Waals surface area contributed by atoms with Crippen molar-refractivity contribution in [1.82, 2.24) is 5.16 Å². The molecule has 1 aliphatic heterocycles. The van der Waals surface area contributed by atoms with E-state index in [4.69, 9.17) is 15.0 Å². The molecule has 0 aromatic carbocycles. The third-order valence-electron chi connectivity index (χ3n) is 2.49. The minimum Gasteiger partial charge on any atom is -0.381 e. The fourth-order valence-corrected chi connectivity index (χ4v) is 1.73. The number of hydrogen-bond acceptors (Lipinski definition) is 4. The zero-order chi connectivity index (χ0) is 9.97. The van der Waals surface area contributed by atoms with E-state index in [-0.39, 0.29) is 11.6 Å². The number of primary amides is 1. The molecule has 0 bridgehead atoms. The van der Waals surface area contributed by atoms with Crippen molar-refractivity contribution in [2.45, 2.75) is 18.8 Å². The standard InChI is InChI=1S/C9H12N2O3/c10-9(12)8-7(5-14-11-8)6-1-3-13-4-2-6/h5-6H,1-4H2,(H2,10,12). The molecule has 5 nitrogen and oxygen atoms in total. The van der Waals surface area contributed by atoms with Crippen LogP contribution in [0.4, 0.5) is 0 Å². The molecule has 0 unspecified atom stereocenters. The monoisotopic (exact) mass is 196 g/mol. The van der Waals surface area contributed by atoms with Gasteiger partial charge in [-0.25, -0.2) is 0 Å². The summed E-state index contributed by atoms with van der Waals surface area (Å²) >= 11 is 0. The first kappa shape index (κ1) is 9.21. The highest BCUT2D eigenvalue weighted by Gasteiger charge is 2.23. The molecular formula is C9H12N2O3. The number of carbonyl (C=O) groups is 1. The van der Waals surface area contributed by atoms with Gasteiger partial charge in [-0.05, 0) is 18.8 Å². The van der Waals surface area contributed by atoms with Gasteiger partial charge in [-0.2, -0.15) is 0 Å². The van der Waals surface area contributed by atoms with Crippen molar-refractivity contribution in [2.75, 3.05) is 13.2 Å². The predicted molar refractivity (Wildman–Crippen MR) is 47.8 cm³/mol. The molecule has 76 valence electrons. The first-order chi connectivity index (χ1) is 6.79. The van der Waals surface area contributed by atoms with Crippen molar-refractivity contribution < 1.29 is 14.1 Å². The Hall–Kier alpha value is -1.36. The lowest BCUT2D eigenvalue weighted by Crippen LogP contribution is -2.19. The predicted octanol–water partition coefficient (Wildman–Crippen LogP) is 0.667. The fourth-order valence-electron chi connectivity index (χ4n) is 1.73. The zero-order valence-corrected chi connectivity index (χ0v) is 7.73. The van der Waals surface area contributed by atoms with Crippen molar-refractivity contribution in [1.29, 1.82) is 0 Å². The Morgan fingerprint density at radius 1 is 1.50 bits per heavy atom. The van der Waals surface area contributed by atoms with Crippen molar-refractivity contribution in [3.8, 4) is 0 Å². The third-order valence-corrected chi connectivity index (χ3v) is 2.49. The van der Waals surface area contributed by atoms with Crippen LogP contribution >= 0.6 is 0 Å². The van der Waals surface area contributed by atoms with Crippen molar-refractivity contribution in [3.05, 3.63) is 17.5 Å². The summed E-state index contributed by atoms with van der Waals surface area (Å²) in [5.41, 5.74) is 6.25. The lowest BCUT2D eigenvalue weighted by molar-refractivity contribution is 0.0844. The molecule has 1 aliphatic rings. The maximum absolute atomic E-state index is 11.0. The van der Waals surface area contributed by atoms with E-state index in [1.807, 2.05) is 0 Å². The Bertz CT molecular complexity index is 329. The molecule has 0 atom stereocenters. The molecule has 0 spiro atoms. The summed E-state index contributed by atoms with van der Waals surface area (Å²) in [6, 6.07) is 0. The van der Waals surface area contributed by atoms with Gasteiger partial charge in [0.1, 0.15) is 6.26 Å².